The highest BCUT2D eigenvalue weighted by atomic mass is 32.2. The van der Waals surface area contributed by atoms with Gasteiger partial charge in [-0.3, -0.25) is 4.79 Å². The molecule has 1 aromatic rings. The predicted molar refractivity (Wildman–Crippen MR) is 102 cm³/mol. The highest BCUT2D eigenvalue weighted by molar-refractivity contribution is 7.88. The van der Waals surface area contributed by atoms with E-state index in [-0.39, 0.29) is 25.4 Å². The van der Waals surface area contributed by atoms with E-state index in [4.69, 9.17) is 9.47 Å². The molecule has 156 valence electrons. The van der Waals surface area contributed by atoms with Gasteiger partial charge in [0, 0.05) is 13.1 Å². The number of methoxy groups -OCH3 is 1. The maximum atomic E-state index is 12.8. The molecule has 0 radical (unpaired) electrons. The molecule has 1 atom stereocenters. The first-order valence-corrected chi connectivity index (χ1v) is 10.4. The molecule has 10 heteroatoms. The molecular weight excluding hydrogens is 388 g/mol. The monoisotopic (exact) mass is 414 g/mol. The van der Waals surface area contributed by atoms with Crippen molar-refractivity contribution in [2.75, 3.05) is 26.7 Å². The van der Waals surface area contributed by atoms with Gasteiger partial charge in [0.15, 0.2) is 0 Å². The minimum Gasteiger partial charge on any atom is -0.497 e. The molecule has 0 unspecified atom stereocenters. The molecule has 1 N–H and O–H groups in total. The van der Waals surface area contributed by atoms with Gasteiger partial charge in [0.2, 0.25) is 10.0 Å². The van der Waals surface area contributed by atoms with E-state index in [0.29, 0.717) is 11.3 Å². The number of nitrogens with zero attached hydrogens (tertiary/aromatic N) is 2. The molecule has 0 spiro atoms. The van der Waals surface area contributed by atoms with E-state index in [9.17, 15) is 23.1 Å². The average Bonchev–Trinajstić information content (AvgIpc) is 2.60. The first-order chi connectivity index (χ1) is 12.9. The molecule has 0 saturated carbocycles. The molecule has 1 aliphatic rings. The third-order valence-corrected chi connectivity index (χ3v) is 5.98. The van der Waals surface area contributed by atoms with Crippen LogP contribution in [0.4, 0.5) is 4.79 Å². The van der Waals surface area contributed by atoms with Crippen molar-refractivity contribution >= 4 is 22.1 Å². The first-order valence-electron chi connectivity index (χ1n) is 8.76. The maximum Gasteiger partial charge on any atom is 0.410 e. The van der Waals surface area contributed by atoms with Gasteiger partial charge in [-0.15, -0.1) is 0 Å². The van der Waals surface area contributed by atoms with Crippen molar-refractivity contribution in [2.24, 2.45) is 0 Å². The predicted octanol–water partition coefficient (Wildman–Crippen LogP) is 1.53. The fourth-order valence-electron chi connectivity index (χ4n) is 2.81. The highest BCUT2D eigenvalue weighted by Gasteiger charge is 2.41. The molecule has 1 heterocycles. The third kappa shape index (κ3) is 5.59. The summed E-state index contributed by atoms with van der Waals surface area (Å²) in [6.07, 6.45) is -0.661. The summed E-state index contributed by atoms with van der Waals surface area (Å²) >= 11 is 0. The Labute approximate surface area is 164 Å². The number of carboxylic acids is 1. The summed E-state index contributed by atoms with van der Waals surface area (Å²) in [6, 6.07) is 5.14. The van der Waals surface area contributed by atoms with Gasteiger partial charge in [-0.1, -0.05) is 12.1 Å². The minimum absolute atomic E-state index is 0.0561. The molecule has 0 aromatic heterocycles. The Morgan fingerprint density at radius 2 is 1.79 bits per heavy atom. The number of piperazine rings is 1. The van der Waals surface area contributed by atoms with Crippen LogP contribution in [-0.4, -0.2) is 73.2 Å². The van der Waals surface area contributed by atoms with Crippen LogP contribution in [0.25, 0.3) is 0 Å². The average molecular weight is 414 g/mol. The number of sulfonamides is 1. The smallest absolute Gasteiger partial charge is 0.410 e. The van der Waals surface area contributed by atoms with Crippen LogP contribution < -0.4 is 4.74 Å². The number of benzene rings is 1. The summed E-state index contributed by atoms with van der Waals surface area (Å²) in [5, 5.41) is 9.54. The quantitative estimate of drug-likeness (QED) is 0.777. The van der Waals surface area contributed by atoms with Crippen molar-refractivity contribution < 1.29 is 32.6 Å². The van der Waals surface area contributed by atoms with Crippen LogP contribution in [0.1, 0.15) is 26.3 Å². The normalized spacial score (nSPS) is 18.6. The van der Waals surface area contributed by atoms with Gasteiger partial charge in [0.25, 0.3) is 0 Å². The molecule has 9 nitrogen and oxygen atoms in total. The second-order valence-corrected chi connectivity index (χ2v) is 9.42. The third-order valence-electron chi connectivity index (χ3n) is 4.13. The lowest BCUT2D eigenvalue weighted by Gasteiger charge is -2.38. The standard InChI is InChI=1S/C18H26N2O7S/c1-18(2,3)27-17(23)19-9-10-20(15(11-19)16(21)22)28(24,25)12-13-5-7-14(26-4)8-6-13/h5-8,15H,9-12H2,1-4H3,(H,21,22)/t15-/m1/s1. The van der Waals surface area contributed by atoms with Crippen LogP contribution in [0, 0.1) is 0 Å². The lowest BCUT2D eigenvalue weighted by Crippen LogP contribution is -2.59. The lowest BCUT2D eigenvalue weighted by molar-refractivity contribution is -0.143. The number of aliphatic carboxylic acids is 1. The number of hydrogen-bond donors (Lipinski definition) is 1. The van der Waals surface area contributed by atoms with Gasteiger partial charge in [-0.05, 0) is 38.5 Å². The molecule has 28 heavy (non-hydrogen) atoms. The van der Waals surface area contributed by atoms with Crippen molar-refractivity contribution in [2.45, 2.75) is 38.2 Å². The largest absolute Gasteiger partial charge is 0.497 e. The van der Waals surface area contributed by atoms with Crippen molar-refractivity contribution in [3.05, 3.63) is 29.8 Å². The second-order valence-electron chi connectivity index (χ2n) is 7.50. The Bertz CT molecular complexity index is 815. The van der Waals surface area contributed by atoms with E-state index in [2.05, 4.69) is 0 Å². The second kappa shape index (κ2) is 8.36. The van der Waals surface area contributed by atoms with Gasteiger partial charge < -0.3 is 19.5 Å². The van der Waals surface area contributed by atoms with Crippen molar-refractivity contribution in [3.8, 4) is 5.75 Å². The Morgan fingerprint density at radius 3 is 2.29 bits per heavy atom. The number of ether oxygens (including phenoxy) is 2. The zero-order valence-electron chi connectivity index (χ0n) is 16.4. The van der Waals surface area contributed by atoms with E-state index in [1.165, 1.54) is 12.0 Å². The molecule has 1 fully saturated rings. The number of amides is 1. The Morgan fingerprint density at radius 1 is 1.18 bits per heavy atom. The van der Waals surface area contributed by atoms with Crippen molar-refractivity contribution in [1.29, 1.82) is 0 Å². The fourth-order valence-corrected chi connectivity index (χ4v) is 4.49. The van der Waals surface area contributed by atoms with E-state index in [1.54, 1.807) is 45.0 Å². The highest BCUT2D eigenvalue weighted by Crippen LogP contribution is 2.21. The van der Waals surface area contributed by atoms with Crippen LogP contribution >= 0.6 is 0 Å². The van der Waals surface area contributed by atoms with E-state index in [0.717, 1.165) is 4.31 Å². The molecule has 2 rings (SSSR count). The lowest BCUT2D eigenvalue weighted by atomic mass is 10.2. The van der Waals surface area contributed by atoms with E-state index in [1.807, 2.05) is 0 Å². The molecule has 1 aliphatic heterocycles. The van der Waals surface area contributed by atoms with Crippen LogP contribution in [0.5, 0.6) is 5.75 Å². The summed E-state index contributed by atoms with van der Waals surface area (Å²) in [6.45, 7) is 4.78. The van der Waals surface area contributed by atoms with Crippen LogP contribution in [-0.2, 0) is 25.3 Å². The summed E-state index contributed by atoms with van der Waals surface area (Å²) < 4.78 is 36.9. The summed E-state index contributed by atoms with van der Waals surface area (Å²) in [5.41, 5.74) is -0.215. The van der Waals surface area contributed by atoms with Crippen LogP contribution in [0.2, 0.25) is 0 Å². The number of carbonyl (C=O) groups excluding carboxylic acids is 1. The molecule has 0 aliphatic carbocycles. The van der Waals surface area contributed by atoms with Crippen molar-refractivity contribution in [3.63, 3.8) is 0 Å². The molecule has 0 bridgehead atoms. The van der Waals surface area contributed by atoms with Crippen molar-refractivity contribution in [1.82, 2.24) is 9.21 Å². The number of rotatable bonds is 5. The van der Waals surface area contributed by atoms with E-state index < -0.39 is 33.7 Å². The number of carboxylic acid groups (broad SMARTS) is 1. The van der Waals surface area contributed by atoms with Gasteiger partial charge >= 0.3 is 12.1 Å². The Kier molecular flexibility index (Phi) is 6.56. The molecular formula is C18H26N2O7S. The molecule has 1 amide bonds. The molecule has 1 aromatic carbocycles. The Hall–Kier alpha value is -2.33. The summed E-state index contributed by atoms with van der Waals surface area (Å²) in [5.74, 6) is -1.06. The number of hydrogen-bond acceptors (Lipinski definition) is 6. The first kappa shape index (κ1) is 22.0. The topological polar surface area (TPSA) is 113 Å². The van der Waals surface area contributed by atoms with Gasteiger partial charge in [-0.2, -0.15) is 4.31 Å². The number of carbonyl (C=O) groups is 2. The fraction of sp³-hybridized carbons (Fsp3) is 0.556. The Balaban J connectivity index is 2.15. The van der Waals surface area contributed by atoms with E-state index >= 15 is 0 Å². The summed E-state index contributed by atoms with van der Waals surface area (Å²) in [4.78, 5) is 25.1. The van der Waals surface area contributed by atoms with Gasteiger partial charge in [0.1, 0.15) is 17.4 Å². The summed E-state index contributed by atoms with van der Waals surface area (Å²) in [7, 11) is -2.39. The van der Waals surface area contributed by atoms with Gasteiger partial charge in [0.05, 0.1) is 19.4 Å². The maximum absolute atomic E-state index is 12.8. The SMILES string of the molecule is COc1ccc(CS(=O)(=O)N2CCN(C(=O)OC(C)(C)C)C[C@@H]2C(=O)O)cc1. The minimum atomic E-state index is -3.90. The molecule has 1 saturated heterocycles. The van der Waals surface area contributed by atoms with Gasteiger partial charge in [-0.25, -0.2) is 13.2 Å². The zero-order chi connectivity index (χ0) is 21.1. The van der Waals surface area contributed by atoms with Crippen LogP contribution in [0.3, 0.4) is 0 Å². The zero-order valence-corrected chi connectivity index (χ0v) is 17.2. The van der Waals surface area contributed by atoms with Crippen LogP contribution in [0.15, 0.2) is 24.3 Å².